The highest BCUT2D eigenvalue weighted by atomic mass is 16.5. The summed E-state index contributed by atoms with van der Waals surface area (Å²) in [5.41, 5.74) is 1.35. The Morgan fingerprint density at radius 3 is 2.26 bits per heavy atom. The summed E-state index contributed by atoms with van der Waals surface area (Å²) in [7, 11) is 3.40. The summed E-state index contributed by atoms with van der Waals surface area (Å²) in [5.74, 6) is 1.66. The maximum Gasteiger partial charge on any atom is 0.161 e. The topological polar surface area (TPSA) is 27.3 Å². The van der Waals surface area contributed by atoms with E-state index in [1.54, 1.807) is 19.1 Å². The third-order valence-corrected chi connectivity index (χ3v) is 5.68. The van der Waals surface area contributed by atoms with Gasteiger partial charge in [-0.15, -0.1) is 0 Å². The Labute approximate surface area is 140 Å². The lowest BCUT2D eigenvalue weighted by Gasteiger charge is -2.36. The van der Waals surface area contributed by atoms with E-state index < -0.39 is 0 Å². The lowest BCUT2D eigenvalue weighted by Crippen LogP contribution is -3.29. The average Bonchev–Trinajstić information content (AvgIpc) is 2.63. The van der Waals surface area contributed by atoms with Crippen LogP contribution in [-0.2, 0) is 6.54 Å². The van der Waals surface area contributed by atoms with Crippen molar-refractivity contribution in [2.45, 2.75) is 44.7 Å². The van der Waals surface area contributed by atoms with E-state index in [2.05, 4.69) is 12.1 Å². The Kier molecular flexibility index (Phi) is 5.79. The average molecular weight is 320 g/mol. The molecular formula is C19H32N2O2+2. The zero-order valence-electron chi connectivity index (χ0n) is 14.7. The highest BCUT2D eigenvalue weighted by Crippen LogP contribution is 2.27. The SMILES string of the molecule is COc1ccc(C[NH+]2CC[NH+](C3CCCCC3)CC2)cc1OC. The summed E-state index contributed by atoms with van der Waals surface area (Å²) < 4.78 is 10.8. The molecule has 1 aromatic rings. The van der Waals surface area contributed by atoms with Crippen molar-refractivity contribution in [2.75, 3.05) is 40.4 Å². The van der Waals surface area contributed by atoms with Crippen LogP contribution in [0.5, 0.6) is 11.5 Å². The Hall–Kier alpha value is -1.26. The third kappa shape index (κ3) is 4.18. The molecule has 2 N–H and O–H groups in total. The van der Waals surface area contributed by atoms with Gasteiger partial charge < -0.3 is 19.3 Å². The first-order valence-corrected chi connectivity index (χ1v) is 9.19. The zero-order valence-corrected chi connectivity index (χ0v) is 14.7. The number of benzene rings is 1. The summed E-state index contributed by atoms with van der Waals surface area (Å²) in [6.45, 7) is 6.36. The Morgan fingerprint density at radius 1 is 0.913 bits per heavy atom. The molecule has 1 aliphatic carbocycles. The molecule has 0 amide bonds. The van der Waals surface area contributed by atoms with Crippen LogP contribution in [-0.4, -0.2) is 46.4 Å². The molecule has 0 radical (unpaired) electrons. The normalized spacial score (nSPS) is 26.0. The minimum atomic E-state index is 0.817. The van der Waals surface area contributed by atoms with Crippen LogP contribution >= 0.6 is 0 Å². The van der Waals surface area contributed by atoms with Crippen molar-refractivity contribution in [3.63, 3.8) is 0 Å². The lowest BCUT2D eigenvalue weighted by atomic mass is 9.94. The molecule has 0 atom stereocenters. The van der Waals surface area contributed by atoms with E-state index in [-0.39, 0.29) is 0 Å². The maximum atomic E-state index is 5.42. The molecule has 0 bridgehead atoms. The first-order chi connectivity index (χ1) is 11.3. The molecular weight excluding hydrogens is 288 g/mol. The summed E-state index contributed by atoms with van der Waals surface area (Å²) in [6, 6.07) is 7.28. The second-order valence-corrected chi connectivity index (χ2v) is 7.11. The number of rotatable bonds is 5. The third-order valence-electron chi connectivity index (χ3n) is 5.68. The standard InChI is InChI=1S/C19H30N2O2/c1-22-18-9-8-16(14-19(18)23-2)15-20-10-12-21(13-11-20)17-6-4-3-5-7-17/h8-9,14,17H,3-7,10-13,15H2,1-2H3/p+2. The number of hydrogen-bond acceptors (Lipinski definition) is 2. The van der Waals surface area contributed by atoms with Gasteiger partial charge in [-0.3, -0.25) is 0 Å². The van der Waals surface area contributed by atoms with E-state index >= 15 is 0 Å². The van der Waals surface area contributed by atoms with E-state index in [9.17, 15) is 0 Å². The van der Waals surface area contributed by atoms with Gasteiger partial charge in [0.2, 0.25) is 0 Å². The van der Waals surface area contributed by atoms with Crippen LogP contribution in [0.3, 0.4) is 0 Å². The van der Waals surface area contributed by atoms with E-state index in [1.165, 1.54) is 63.8 Å². The fourth-order valence-corrected chi connectivity index (χ4v) is 4.30. The molecule has 0 aromatic heterocycles. The van der Waals surface area contributed by atoms with Gasteiger partial charge in [-0.2, -0.15) is 0 Å². The zero-order chi connectivity index (χ0) is 16.1. The number of hydrogen-bond donors (Lipinski definition) is 2. The van der Waals surface area contributed by atoms with Gasteiger partial charge in [0.25, 0.3) is 0 Å². The number of piperazine rings is 1. The number of methoxy groups -OCH3 is 2. The molecule has 1 saturated heterocycles. The molecule has 4 nitrogen and oxygen atoms in total. The van der Waals surface area contributed by atoms with Crippen LogP contribution in [0, 0.1) is 0 Å². The van der Waals surface area contributed by atoms with Gasteiger partial charge in [0.05, 0.1) is 20.3 Å². The molecule has 1 saturated carbocycles. The number of nitrogens with one attached hydrogen (secondary N) is 2. The van der Waals surface area contributed by atoms with Crippen molar-refractivity contribution in [1.29, 1.82) is 0 Å². The summed E-state index contributed by atoms with van der Waals surface area (Å²) >= 11 is 0. The predicted octanol–water partition coefficient (Wildman–Crippen LogP) is 0.320. The van der Waals surface area contributed by atoms with Crippen LogP contribution in [0.25, 0.3) is 0 Å². The number of quaternary nitrogens is 2. The summed E-state index contributed by atoms with van der Waals surface area (Å²) in [5, 5.41) is 0. The van der Waals surface area contributed by atoms with Gasteiger partial charge in [-0.05, 0) is 43.9 Å². The Bertz CT molecular complexity index is 492. The highest BCUT2D eigenvalue weighted by Gasteiger charge is 2.30. The minimum Gasteiger partial charge on any atom is -0.493 e. The highest BCUT2D eigenvalue weighted by molar-refractivity contribution is 5.42. The molecule has 1 aromatic carbocycles. The molecule has 1 aliphatic heterocycles. The molecule has 0 unspecified atom stereocenters. The smallest absolute Gasteiger partial charge is 0.161 e. The monoisotopic (exact) mass is 320 g/mol. The minimum absolute atomic E-state index is 0.817. The van der Waals surface area contributed by atoms with Gasteiger partial charge in [0.15, 0.2) is 11.5 Å². The maximum absolute atomic E-state index is 5.42. The molecule has 23 heavy (non-hydrogen) atoms. The van der Waals surface area contributed by atoms with Gasteiger partial charge >= 0.3 is 0 Å². The van der Waals surface area contributed by atoms with Crippen LogP contribution < -0.4 is 19.3 Å². The van der Waals surface area contributed by atoms with Crippen molar-refractivity contribution in [2.24, 2.45) is 0 Å². The van der Waals surface area contributed by atoms with E-state index in [0.29, 0.717) is 0 Å². The van der Waals surface area contributed by atoms with Crippen molar-refractivity contribution in [3.05, 3.63) is 23.8 Å². The van der Waals surface area contributed by atoms with E-state index in [4.69, 9.17) is 9.47 Å². The molecule has 2 fully saturated rings. The Balaban J connectivity index is 1.52. The molecule has 128 valence electrons. The largest absolute Gasteiger partial charge is 0.493 e. The second kappa shape index (κ2) is 8.02. The summed E-state index contributed by atoms with van der Waals surface area (Å²) in [4.78, 5) is 3.58. The van der Waals surface area contributed by atoms with Gasteiger partial charge in [0.1, 0.15) is 32.7 Å². The lowest BCUT2D eigenvalue weighted by molar-refractivity contribution is -1.03. The van der Waals surface area contributed by atoms with Crippen LogP contribution in [0.15, 0.2) is 18.2 Å². The first-order valence-electron chi connectivity index (χ1n) is 9.19. The Morgan fingerprint density at radius 2 is 1.61 bits per heavy atom. The van der Waals surface area contributed by atoms with Crippen LogP contribution in [0.2, 0.25) is 0 Å². The van der Waals surface area contributed by atoms with Gasteiger partial charge in [-0.1, -0.05) is 6.42 Å². The van der Waals surface area contributed by atoms with Crippen molar-refractivity contribution >= 4 is 0 Å². The van der Waals surface area contributed by atoms with Gasteiger partial charge in [-0.25, -0.2) is 0 Å². The van der Waals surface area contributed by atoms with Crippen molar-refractivity contribution in [3.8, 4) is 11.5 Å². The molecule has 1 heterocycles. The fraction of sp³-hybridized carbons (Fsp3) is 0.684. The molecule has 4 heteroatoms. The fourth-order valence-electron chi connectivity index (χ4n) is 4.30. The van der Waals surface area contributed by atoms with E-state index in [0.717, 1.165) is 24.1 Å². The van der Waals surface area contributed by atoms with E-state index in [1.807, 2.05) is 11.0 Å². The van der Waals surface area contributed by atoms with Crippen LogP contribution in [0.4, 0.5) is 0 Å². The quantitative estimate of drug-likeness (QED) is 0.818. The van der Waals surface area contributed by atoms with Gasteiger partial charge in [0, 0.05) is 5.56 Å². The predicted molar refractivity (Wildman–Crippen MR) is 91.5 cm³/mol. The second-order valence-electron chi connectivity index (χ2n) is 7.11. The van der Waals surface area contributed by atoms with Crippen LogP contribution in [0.1, 0.15) is 37.7 Å². The summed E-state index contributed by atoms with van der Waals surface area (Å²) in [6.07, 6.45) is 7.29. The molecule has 2 aliphatic rings. The van der Waals surface area contributed by atoms with Crippen molar-refractivity contribution in [1.82, 2.24) is 0 Å². The molecule has 0 spiro atoms. The molecule has 3 rings (SSSR count). The van der Waals surface area contributed by atoms with Crippen molar-refractivity contribution < 1.29 is 19.3 Å². The number of ether oxygens (including phenoxy) is 2. The first kappa shape index (κ1) is 16.6.